The maximum Gasteiger partial charge on any atom is 0.251 e. The van der Waals surface area contributed by atoms with Crippen molar-refractivity contribution in [2.75, 3.05) is 6.54 Å². The average molecular weight is 342 g/mol. The smallest absolute Gasteiger partial charge is 0.251 e. The second-order valence-electron chi connectivity index (χ2n) is 6.77. The summed E-state index contributed by atoms with van der Waals surface area (Å²) < 4.78 is 0. The molecular formula is C17H28ClN3O2. The largest absolute Gasteiger partial charge is 0.352 e. The Bertz CT molecular complexity index is 539. The molecule has 0 heterocycles. The minimum atomic E-state index is -0.588. The summed E-state index contributed by atoms with van der Waals surface area (Å²) in [6.45, 7) is 9.75. The van der Waals surface area contributed by atoms with Gasteiger partial charge in [0.1, 0.15) is 6.04 Å². The molecule has 1 rings (SSSR count). The van der Waals surface area contributed by atoms with E-state index in [0.29, 0.717) is 12.1 Å². The molecule has 0 radical (unpaired) electrons. The predicted octanol–water partition coefficient (Wildman–Crippen LogP) is 2.02. The zero-order chi connectivity index (χ0) is 16.9. The van der Waals surface area contributed by atoms with Gasteiger partial charge in [0.15, 0.2) is 0 Å². The van der Waals surface area contributed by atoms with Crippen LogP contribution in [-0.2, 0) is 4.79 Å². The molecule has 0 aromatic heterocycles. The highest BCUT2D eigenvalue weighted by Crippen LogP contribution is 2.07. The first kappa shape index (κ1) is 21.4. The van der Waals surface area contributed by atoms with Crippen molar-refractivity contribution in [3.05, 3.63) is 35.4 Å². The Kier molecular flexibility index (Phi) is 8.28. The van der Waals surface area contributed by atoms with E-state index in [1.807, 2.05) is 46.8 Å². The number of hydrogen-bond acceptors (Lipinski definition) is 3. The highest BCUT2D eigenvalue weighted by Gasteiger charge is 2.25. The molecule has 0 fully saturated rings. The summed E-state index contributed by atoms with van der Waals surface area (Å²) >= 11 is 0. The van der Waals surface area contributed by atoms with E-state index in [-0.39, 0.29) is 30.1 Å². The molecule has 0 saturated heterocycles. The Balaban J connectivity index is 0.00000484. The van der Waals surface area contributed by atoms with E-state index < -0.39 is 11.6 Å². The van der Waals surface area contributed by atoms with Crippen LogP contribution in [0.3, 0.4) is 0 Å². The summed E-state index contributed by atoms with van der Waals surface area (Å²) in [7, 11) is 0. The zero-order valence-electron chi connectivity index (χ0n) is 14.5. The molecule has 0 saturated carbocycles. The third-order valence-corrected chi connectivity index (χ3v) is 3.23. The number of nitrogens with one attached hydrogen (secondary N) is 2. The fourth-order valence-electron chi connectivity index (χ4n) is 1.97. The molecule has 1 aromatic carbocycles. The van der Waals surface area contributed by atoms with E-state index in [1.54, 1.807) is 12.1 Å². The lowest BCUT2D eigenvalue weighted by Crippen LogP contribution is -2.53. The Hall–Kier alpha value is -1.59. The molecule has 2 amide bonds. The normalized spacial score (nSPS) is 12.3. The third kappa shape index (κ3) is 7.48. The van der Waals surface area contributed by atoms with Gasteiger partial charge in [-0.15, -0.1) is 12.4 Å². The third-order valence-electron chi connectivity index (χ3n) is 3.23. The van der Waals surface area contributed by atoms with Crippen molar-refractivity contribution in [3.63, 3.8) is 0 Å². The van der Waals surface area contributed by atoms with Crippen LogP contribution < -0.4 is 16.4 Å². The number of carbonyl (C=O) groups excluding carboxylic acids is 2. The van der Waals surface area contributed by atoms with Gasteiger partial charge in [-0.3, -0.25) is 9.59 Å². The van der Waals surface area contributed by atoms with E-state index in [1.165, 1.54) is 0 Å². The molecule has 1 unspecified atom stereocenters. The van der Waals surface area contributed by atoms with Gasteiger partial charge >= 0.3 is 0 Å². The van der Waals surface area contributed by atoms with Crippen LogP contribution in [0.1, 0.15) is 43.6 Å². The molecular weight excluding hydrogens is 314 g/mol. The number of carbonyl (C=O) groups is 2. The number of benzene rings is 1. The number of nitrogens with two attached hydrogens (primary N) is 1. The van der Waals surface area contributed by atoms with Gasteiger partial charge in [-0.05, 0) is 38.8 Å². The first-order chi connectivity index (χ1) is 10.1. The number of aryl methyl sites for hydroxylation is 1. The molecule has 0 bridgehead atoms. The molecule has 4 N–H and O–H groups in total. The average Bonchev–Trinajstić information content (AvgIpc) is 2.40. The minimum Gasteiger partial charge on any atom is -0.352 e. The quantitative estimate of drug-likeness (QED) is 0.740. The van der Waals surface area contributed by atoms with Crippen LogP contribution in [-0.4, -0.2) is 29.9 Å². The van der Waals surface area contributed by atoms with Crippen LogP contribution in [0.15, 0.2) is 24.3 Å². The standard InChI is InChI=1S/C17H27N3O2.ClH/c1-11(2)14(16(22)19-10-17(4,5)18)20-15(21)13-8-6-7-12(3)9-13;/h6-9,11,14H,10,18H2,1-5H3,(H,19,22)(H,20,21);1H. The van der Waals surface area contributed by atoms with E-state index in [0.717, 1.165) is 5.56 Å². The van der Waals surface area contributed by atoms with Crippen molar-refractivity contribution in [2.45, 2.75) is 46.2 Å². The van der Waals surface area contributed by atoms with Crippen LogP contribution in [0.5, 0.6) is 0 Å². The Morgan fingerprint density at radius 2 is 1.87 bits per heavy atom. The van der Waals surface area contributed by atoms with E-state index in [2.05, 4.69) is 10.6 Å². The topological polar surface area (TPSA) is 84.2 Å². The van der Waals surface area contributed by atoms with Gasteiger partial charge in [0.2, 0.25) is 5.91 Å². The highest BCUT2D eigenvalue weighted by atomic mass is 35.5. The SMILES string of the molecule is Cc1cccc(C(=O)NC(C(=O)NCC(C)(C)N)C(C)C)c1.Cl. The lowest BCUT2D eigenvalue weighted by Gasteiger charge is -2.25. The van der Waals surface area contributed by atoms with Gasteiger partial charge in [-0.2, -0.15) is 0 Å². The van der Waals surface area contributed by atoms with Gasteiger partial charge in [0.25, 0.3) is 5.91 Å². The number of hydrogen-bond donors (Lipinski definition) is 3. The summed E-state index contributed by atoms with van der Waals surface area (Å²) in [5.74, 6) is -0.478. The van der Waals surface area contributed by atoms with Gasteiger partial charge < -0.3 is 16.4 Å². The van der Waals surface area contributed by atoms with Gasteiger partial charge in [0, 0.05) is 17.6 Å². The summed E-state index contributed by atoms with van der Waals surface area (Å²) in [6, 6.07) is 6.70. The maximum absolute atomic E-state index is 12.3. The molecule has 6 heteroatoms. The van der Waals surface area contributed by atoms with Crippen LogP contribution in [0.4, 0.5) is 0 Å². The Morgan fingerprint density at radius 3 is 2.35 bits per heavy atom. The van der Waals surface area contributed by atoms with Gasteiger partial charge in [-0.25, -0.2) is 0 Å². The lowest BCUT2D eigenvalue weighted by molar-refractivity contribution is -0.124. The summed E-state index contributed by atoms with van der Waals surface area (Å²) in [4.78, 5) is 24.6. The summed E-state index contributed by atoms with van der Waals surface area (Å²) in [5, 5.41) is 5.60. The van der Waals surface area contributed by atoms with Crippen molar-refractivity contribution in [1.29, 1.82) is 0 Å². The second kappa shape index (κ2) is 8.89. The summed E-state index contributed by atoms with van der Waals surface area (Å²) in [6.07, 6.45) is 0. The Labute approximate surface area is 144 Å². The zero-order valence-corrected chi connectivity index (χ0v) is 15.3. The molecule has 0 aliphatic carbocycles. The maximum atomic E-state index is 12.3. The van der Waals surface area contributed by atoms with Gasteiger partial charge in [0.05, 0.1) is 0 Å². The van der Waals surface area contributed by atoms with Crippen molar-refractivity contribution in [2.24, 2.45) is 11.7 Å². The van der Waals surface area contributed by atoms with Crippen molar-refractivity contribution >= 4 is 24.2 Å². The van der Waals surface area contributed by atoms with Crippen molar-refractivity contribution in [1.82, 2.24) is 10.6 Å². The van der Waals surface area contributed by atoms with Crippen LogP contribution >= 0.6 is 12.4 Å². The van der Waals surface area contributed by atoms with E-state index in [9.17, 15) is 9.59 Å². The van der Waals surface area contributed by atoms with Crippen molar-refractivity contribution < 1.29 is 9.59 Å². The molecule has 1 atom stereocenters. The minimum absolute atomic E-state index is 0. The molecule has 5 nitrogen and oxygen atoms in total. The molecule has 0 spiro atoms. The molecule has 0 aliphatic rings. The van der Waals surface area contributed by atoms with E-state index >= 15 is 0 Å². The van der Waals surface area contributed by atoms with Crippen molar-refractivity contribution in [3.8, 4) is 0 Å². The first-order valence-corrected chi connectivity index (χ1v) is 7.54. The number of halogens is 1. The molecule has 23 heavy (non-hydrogen) atoms. The number of amides is 2. The highest BCUT2D eigenvalue weighted by molar-refractivity contribution is 5.97. The van der Waals surface area contributed by atoms with E-state index in [4.69, 9.17) is 5.73 Å². The monoisotopic (exact) mass is 341 g/mol. The van der Waals surface area contributed by atoms with Crippen LogP contribution in [0.2, 0.25) is 0 Å². The molecule has 1 aromatic rings. The summed E-state index contributed by atoms with van der Waals surface area (Å²) in [5.41, 5.74) is 6.93. The second-order valence-corrected chi connectivity index (χ2v) is 6.77. The molecule has 0 aliphatic heterocycles. The first-order valence-electron chi connectivity index (χ1n) is 7.54. The lowest BCUT2D eigenvalue weighted by atomic mass is 10.0. The number of rotatable bonds is 6. The van der Waals surface area contributed by atoms with Gasteiger partial charge in [-0.1, -0.05) is 31.5 Å². The fraction of sp³-hybridized carbons (Fsp3) is 0.529. The predicted molar refractivity (Wildman–Crippen MR) is 95.8 cm³/mol. The van der Waals surface area contributed by atoms with Crippen LogP contribution in [0.25, 0.3) is 0 Å². The van der Waals surface area contributed by atoms with Crippen LogP contribution in [0, 0.1) is 12.8 Å². The Morgan fingerprint density at radius 1 is 1.26 bits per heavy atom. The molecule has 130 valence electrons. The fourth-order valence-corrected chi connectivity index (χ4v) is 1.97.